The molecule has 0 amide bonds. The average molecular weight is 441 g/mol. The van der Waals surface area contributed by atoms with Crippen LogP contribution in [0.1, 0.15) is 78.1 Å². The van der Waals surface area contributed by atoms with E-state index >= 15 is 0 Å². The van der Waals surface area contributed by atoms with Crippen LogP contribution in [0.15, 0.2) is 0 Å². The molecule has 1 unspecified atom stereocenters. The highest BCUT2D eigenvalue weighted by Gasteiger charge is 2.35. The second-order valence-electron chi connectivity index (χ2n) is 6.49. The maximum atomic E-state index is 13.5. The van der Waals surface area contributed by atoms with Gasteiger partial charge in [0.05, 0.1) is 18.9 Å². The second-order valence-corrected chi connectivity index (χ2v) is 10.7. The van der Waals surface area contributed by atoms with Crippen LogP contribution >= 0.6 is 31.1 Å². The van der Waals surface area contributed by atoms with Crippen molar-refractivity contribution in [1.82, 2.24) is 0 Å². The zero-order valence-corrected chi connectivity index (χ0v) is 19.5. The maximum Gasteiger partial charge on any atom is 0.333 e. The zero-order chi connectivity index (χ0) is 20.2. The molecule has 160 valence electrons. The van der Waals surface area contributed by atoms with Crippen LogP contribution in [-0.2, 0) is 23.2 Å². The van der Waals surface area contributed by atoms with Gasteiger partial charge >= 0.3 is 7.60 Å². The van der Waals surface area contributed by atoms with Gasteiger partial charge in [0.1, 0.15) is 0 Å². The summed E-state index contributed by atoms with van der Waals surface area (Å²) in [5, 5.41) is 0. The Balaban J connectivity index is 4.85. The molecule has 0 rings (SSSR count). The molecule has 0 N–H and O–H groups in total. The van der Waals surface area contributed by atoms with Crippen LogP contribution in [0.3, 0.4) is 0 Å². The molecule has 0 aliphatic heterocycles. The summed E-state index contributed by atoms with van der Waals surface area (Å²) in [6.07, 6.45) is 10.7. The van der Waals surface area contributed by atoms with Crippen LogP contribution in [-0.4, -0.2) is 41.6 Å². The third-order valence-corrected chi connectivity index (χ3v) is 7.88. The minimum absolute atomic E-state index is 0.104. The Morgan fingerprint density at radius 1 is 0.778 bits per heavy atom. The van der Waals surface area contributed by atoms with Gasteiger partial charge in [0.25, 0.3) is 0 Å². The average Bonchev–Trinajstić information content (AvgIpc) is 2.67. The summed E-state index contributed by atoms with van der Waals surface area (Å²) in [6, 6.07) is 0. The molecule has 0 radical (unpaired) electrons. The minimum atomic E-state index is -3.26. The van der Waals surface area contributed by atoms with Gasteiger partial charge in [-0.3, -0.25) is 14.2 Å². The van der Waals surface area contributed by atoms with E-state index in [0.29, 0.717) is 11.5 Å². The lowest BCUT2D eigenvalue weighted by atomic mass is 10.1. The summed E-state index contributed by atoms with van der Waals surface area (Å²) in [7, 11) is -3.26. The SMILES string of the molecule is CCCCCCCC(CCCCC)P(=O)(OCCSC=O)OCCSC=O. The molecular weight excluding hydrogens is 403 g/mol. The molecule has 0 spiro atoms. The number of unbranched alkanes of at least 4 members (excludes halogenated alkanes) is 6. The topological polar surface area (TPSA) is 69.7 Å². The van der Waals surface area contributed by atoms with Gasteiger partial charge in [-0.05, 0) is 12.8 Å². The fraction of sp³-hybridized carbons (Fsp3) is 0.895. The molecule has 0 aliphatic rings. The molecule has 0 fully saturated rings. The molecule has 27 heavy (non-hydrogen) atoms. The Hall–Kier alpha value is 0.190. The summed E-state index contributed by atoms with van der Waals surface area (Å²) in [5.41, 5.74) is 1.43. The lowest BCUT2D eigenvalue weighted by Gasteiger charge is -2.27. The summed E-state index contributed by atoms with van der Waals surface area (Å²) in [4.78, 5) is 21.0. The lowest BCUT2D eigenvalue weighted by molar-refractivity contribution is 0.210. The number of rotatable bonds is 21. The fourth-order valence-electron chi connectivity index (χ4n) is 2.84. The Morgan fingerprint density at radius 2 is 1.22 bits per heavy atom. The lowest BCUT2D eigenvalue weighted by Crippen LogP contribution is -2.16. The largest absolute Gasteiger partial charge is 0.333 e. The molecule has 0 bridgehead atoms. The molecule has 1 atom stereocenters. The fourth-order valence-corrected chi connectivity index (χ4v) is 5.83. The van der Waals surface area contributed by atoms with E-state index in [1.807, 2.05) is 0 Å². The third kappa shape index (κ3) is 14.8. The van der Waals surface area contributed by atoms with Gasteiger partial charge in [-0.1, -0.05) is 88.7 Å². The number of carbonyl (C=O) groups is 2. The number of hydrogen-bond donors (Lipinski definition) is 0. The first kappa shape index (κ1) is 27.2. The maximum absolute atomic E-state index is 13.5. The van der Waals surface area contributed by atoms with Crippen LogP contribution in [0.4, 0.5) is 0 Å². The Labute approximate surface area is 174 Å². The Kier molecular flexibility index (Phi) is 19.6. The van der Waals surface area contributed by atoms with Gasteiger partial charge in [0, 0.05) is 11.5 Å². The van der Waals surface area contributed by atoms with E-state index in [1.54, 1.807) is 0 Å². The second kappa shape index (κ2) is 19.5. The summed E-state index contributed by atoms with van der Waals surface area (Å²) in [5.74, 6) is 0.941. The Morgan fingerprint density at radius 3 is 1.70 bits per heavy atom. The predicted octanol–water partition coefficient (Wildman–Crippen LogP) is 6.37. The highest BCUT2D eigenvalue weighted by Crippen LogP contribution is 2.56. The summed E-state index contributed by atoms with van der Waals surface area (Å²) < 4.78 is 25.0. The van der Waals surface area contributed by atoms with Crippen molar-refractivity contribution in [3.8, 4) is 0 Å². The van der Waals surface area contributed by atoms with Crippen LogP contribution in [0.25, 0.3) is 0 Å². The first-order valence-electron chi connectivity index (χ1n) is 10.1. The quantitative estimate of drug-likeness (QED) is 0.117. The van der Waals surface area contributed by atoms with E-state index in [2.05, 4.69) is 13.8 Å². The molecule has 0 aromatic heterocycles. The Bertz CT molecular complexity index is 390. The standard InChI is InChI=1S/C19H37O5PS2/c1-3-5-7-8-10-12-19(11-9-6-4-2)25(22,23-13-15-26-17-20)24-14-16-27-18-21/h17-19H,3-16H2,1-2H3. The van der Waals surface area contributed by atoms with Crippen molar-refractivity contribution in [2.24, 2.45) is 0 Å². The van der Waals surface area contributed by atoms with Gasteiger partial charge in [-0.25, -0.2) is 0 Å². The van der Waals surface area contributed by atoms with Crippen LogP contribution in [0.2, 0.25) is 0 Å². The van der Waals surface area contributed by atoms with E-state index in [4.69, 9.17) is 9.05 Å². The van der Waals surface area contributed by atoms with Crippen molar-refractivity contribution in [3.05, 3.63) is 0 Å². The van der Waals surface area contributed by atoms with E-state index < -0.39 is 7.60 Å². The molecule has 0 aliphatic carbocycles. The number of carbonyl (C=O) groups excluding carboxylic acids is 2. The monoisotopic (exact) mass is 440 g/mol. The van der Waals surface area contributed by atoms with E-state index in [-0.39, 0.29) is 18.9 Å². The summed E-state index contributed by atoms with van der Waals surface area (Å²) in [6.45, 7) is 4.82. The minimum Gasteiger partial charge on any atom is -0.307 e. The van der Waals surface area contributed by atoms with Crippen molar-refractivity contribution >= 4 is 42.4 Å². The summed E-state index contributed by atoms with van der Waals surface area (Å²) >= 11 is 2.22. The van der Waals surface area contributed by atoms with Crippen molar-refractivity contribution in [3.63, 3.8) is 0 Å². The van der Waals surface area contributed by atoms with Crippen molar-refractivity contribution in [2.75, 3.05) is 24.7 Å². The molecule has 0 saturated heterocycles. The first-order valence-corrected chi connectivity index (χ1v) is 13.8. The molecule has 8 heteroatoms. The van der Waals surface area contributed by atoms with Gasteiger partial charge < -0.3 is 9.05 Å². The van der Waals surface area contributed by atoms with E-state index in [9.17, 15) is 14.2 Å². The zero-order valence-electron chi connectivity index (χ0n) is 16.9. The highest BCUT2D eigenvalue weighted by molar-refractivity contribution is 8.12. The van der Waals surface area contributed by atoms with Gasteiger partial charge in [0.2, 0.25) is 0 Å². The van der Waals surface area contributed by atoms with Gasteiger partial charge in [-0.2, -0.15) is 0 Å². The van der Waals surface area contributed by atoms with Gasteiger partial charge in [0.15, 0.2) is 11.2 Å². The number of thioether (sulfide) groups is 2. The van der Waals surface area contributed by atoms with Crippen LogP contribution in [0.5, 0.6) is 0 Å². The van der Waals surface area contributed by atoms with E-state index in [0.717, 1.165) is 79.7 Å². The molecule has 0 saturated carbocycles. The van der Waals surface area contributed by atoms with E-state index in [1.165, 1.54) is 19.3 Å². The normalized spacial score (nSPS) is 12.8. The van der Waals surface area contributed by atoms with Crippen LogP contribution in [0, 0.1) is 0 Å². The molecule has 0 heterocycles. The molecule has 0 aromatic rings. The smallest absolute Gasteiger partial charge is 0.307 e. The third-order valence-electron chi connectivity index (χ3n) is 4.31. The van der Waals surface area contributed by atoms with Gasteiger partial charge in [-0.15, -0.1) is 0 Å². The van der Waals surface area contributed by atoms with Crippen molar-refractivity contribution < 1.29 is 23.2 Å². The highest BCUT2D eigenvalue weighted by atomic mass is 32.2. The van der Waals surface area contributed by atoms with Crippen molar-refractivity contribution in [1.29, 1.82) is 0 Å². The predicted molar refractivity (Wildman–Crippen MR) is 119 cm³/mol. The van der Waals surface area contributed by atoms with Crippen LogP contribution < -0.4 is 0 Å². The molecular formula is C19H37O5PS2. The first-order chi connectivity index (χ1) is 13.1. The molecule has 0 aromatic carbocycles. The molecule has 5 nitrogen and oxygen atoms in total. The van der Waals surface area contributed by atoms with Crippen molar-refractivity contribution in [2.45, 2.75) is 83.7 Å². The number of hydrogen-bond acceptors (Lipinski definition) is 7.